The molecule has 0 saturated heterocycles. The Kier molecular flexibility index (Phi) is 6.25. The van der Waals surface area contributed by atoms with Gasteiger partial charge in [0.1, 0.15) is 18.1 Å². The molecule has 0 radical (unpaired) electrons. The molecular weight excluding hydrogens is 468 g/mol. The van der Waals surface area contributed by atoms with E-state index in [0.29, 0.717) is 17.9 Å². The zero-order valence-electron chi connectivity index (χ0n) is 19.1. The SMILES string of the molecule is COC(=O)c1nc(C(=O)NC2CCCCC2)ccc1-c1cc2c(cc1C(=O)O)-c1sccc1CO2. The first-order chi connectivity index (χ1) is 17.0. The number of carboxylic acids is 1. The van der Waals surface area contributed by atoms with E-state index in [1.165, 1.54) is 24.5 Å². The van der Waals surface area contributed by atoms with Gasteiger partial charge < -0.3 is 19.9 Å². The maximum Gasteiger partial charge on any atom is 0.357 e. The van der Waals surface area contributed by atoms with Crippen LogP contribution in [0, 0.1) is 0 Å². The number of nitrogens with zero attached hydrogens (tertiary/aromatic N) is 1. The van der Waals surface area contributed by atoms with Crippen molar-refractivity contribution < 1.29 is 29.0 Å². The van der Waals surface area contributed by atoms with Crippen LogP contribution in [0.3, 0.4) is 0 Å². The fraction of sp³-hybridized carbons (Fsp3) is 0.308. The van der Waals surface area contributed by atoms with Gasteiger partial charge in [0.2, 0.25) is 0 Å². The number of carboxylic acid groups (broad SMARTS) is 1. The van der Waals surface area contributed by atoms with E-state index in [-0.39, 0.29) is 40.0 Å². The first-order valence-electron chi connectivity index (χ1n) is 11.5. The molecule has 1 fully saturated rings. The van der Waals surface area contributed by atoms with Crippen molar-refractivity contribution in [2.75, 3.05) is 7.11 Å². The second-order valence-corrected chi connectivity index (χ2v) is 9.57. The number of carbonyl (C=O) groups is 3. The summed E-state index contributed by atoms with van der Waals surface area (Å²) < 4.78 is 10.8. The number of rotatable bonds is 5. The number of thiophene rings is 1. The molecule has 1 aromatic carbocycles. The minimum atomic E-state index is -1.15. The van der Waals surface area contributed by atoms with Gasteiger partial charge in [-0.05, 0) is 48.6 Å². The molecule has 1 saturated carbocycles. The highest BCUT2D eigenvalue weighted by molar-refractivity contribution is 7.13. The maximum absolute atomic E-state index is 12.8. The highest BCUT2D eigenvalue weighted by atomic mass is 32.1. The Morgan fingerprint density at radius 2 is 1.89 bits per heavy atom. The lowest BCUT2D eigenvalue weighted by Crippen LogP contribution is -2.36. The van der Waals surface area contributed by atoms with Crippen molar-refractivity contribution in [3.63, 3.8) is 0 Å². The van der Waals surface area contributed by atoms with Crippen LogP contribution in [0.5, 0.6) is 5.75 Å². The van der Waals surface area contributed by atoms with Crippen molar-refractivity contribution in [3.8, 4) is 27.3 Å². The van der Waals surface area contributed by atoms with Crippen molar-refractivity contribution in [2.45, 2.75) is 44.8 Å². The standard InChI is InChI=1S/C26H24N2O6S/c1-33-26(32)22-16(7-8-20(28-22)24(29)27-15-5-3-2-4-6-15)17-12-21-19(11-18(17)25(30)31)23-14(13-34-21)9-10-35-23/h7-12,15H,2-6,13H2,1H3,(H,27,29)(H,30,31). The smallest absolute Gasteiger partial charge is 0.357 e. The van der Waals surface area contributed by atoms with Gasteiger partial charge in [0.05, 0.1) is 12.7 Å². The molecule has 35 heavy (non-hydrogen) atoms. The van der Waals surface area contributed by atoms with Crippen LogP contribution in [0.25, 0.3) is 21.6 Å². The Labute approximate surface area is 205 Å². The molecular formula is C26H24N2O6S. The number of ether oxygens (including phenoxy) is 2. The molecule has 9 heteroatoms. The van der Waals surface area contributed by atoms with Crippen LogP contribution in [0.2, 0.25) is 0 Å². The lowest BCUT2D eigenvalue weighted by Gasteiger charge is -2.23. The largest absolute Gasteiger partial charge is 0.488 e. The Balaban J connectivity index is 1.58. The van der Waals surface area contributed by atoms with Crippen LogP contribution >= 0.6 is 11.3 Å². The number of benzene rings is 1. The van der Waals surface area contributed by atoms with Gasteiger partial charge in [-0.25, -0.2) is 14.6 Å². The van der Waals surface area contributed by atoms with Crippen LogP contribution in [0.1, 0.15) is 69.0 Å². The van der Waals surface area contributed by atoms with Gasteiger partial charge in [-0.1, -0.05) is 19.3 Å². The zero-order chi connectivity index (χ0) is 24.5. The summed E-state index contributed by atoms with van der Waals surface area (Å²) in [5, 5.41) is 14.9. The molecule has 0 spiro atoms. The van der Waals surface area contributed by atoms with E-state index in [0.717, 1.165) is 42.5 Å². The number of nitrogens with one attached hydrogen (secondary N) is 1. The van der Waals surface area contributed by atoms with Crippen molar-refractivity contribution in [1.29, 1.82) is 0 Å². The molecule has 0 bridgehead atoms. The summed E-state index contributed by atoms with van der Waals surface area (Å²) in [6.45, 7) is 0.375. The van der Waals surface area contributed by atoms with Gasteiger partial charge in [0.25, 0.3) is 5.91 Å². The van der Waals surface area contributed by atoms with Crippen molar-refractivity contribution in [3.05, 3.63) is 58.2 Å². The topological polar surface area (TPSA) is 115 Å². The molecule has 2 N–H and O–H groups in total. The number of aromatic nitrogens is 1. The van der Waals surface area contributed by atoms with Gasteiger partial charge in [0, 0.05) is 33.2 Å². The van der Waals surface area contributed by atoms with Crippen molar-refractivity contribution in [2.24, 2.45) is 0 Å². The van der Waals surface area contributed by atoms with Crippen LogP contribution in [-0.4, -0.2) is 41.1 Å². The Morgan fingerprint density at radius 3 is 2.63 bits per heavy atom. The average molecular weight is 493 g/mol. The highest BCUT2D eigenvalue weighted by Gasteiger charge is 2.27. The minimum absolute atomic E-state index is 0.0000368. The molecule has 5 rings (SSSR count). The molecule has 2 aromatic heterocycles. The van der Waals surface area contributed by atoms with Gasteiger partial charge in [0.15, 0.2) is 5.69 Å². The number of esters is 1. The van der Waals surface area contributed by atoms with Crippen LogP contribution in [0.15, 0.2) is 35.7 Å². The molecule has 180 valence electrons. The molecule has 0 atom stereocenters. The van der Waals surface area contributed by atoms with E-state index in [1.54, 1.807) is 18.2 Å². The maximum atomic E-state index is 12.8. The minimum Gasteiger partial charge on any atom is -0.488 e. The van der Waals surface area contributed by atoms with Crippen LogP contribution in [-0.2, 0) is 11.3 Å². The third-order valence-electron chi connectivity index (χ3n) is 6.46. The molecule has 1 aliphatic heterocycles. The van der Waals surface area contributed by atoms with Crippen LogP contribution < -0.4 is 10.1 Å². The quantitative estimate of drug-likeness (QED) is 0.486. The summed E-state index contributed by atoms with van der Waals surface area (Å²) in [6, 6.07) is 8.26. The number of fused-ring (bicyclic) bond motifs is 3. The Morgan fingerprint density at radius 1 is 1.09 bits per heavy atom. The first kappa shape index (κ1) is 23.0. The number of carbonyl (C=O) groups excluding carboxylic acids is 2. The lowest BCUT2D eigenvalue weighted by atomic mass is 9.93. The number of aromatic carboxylic acids is 1. The molecule has 8 nitrogen and oxygen atoms in total. The summed E-state index contributed by atoms with van der Waals surface area (Å²) in [7, 11) is 1.22. The monoisotopic (exact) mass is 492 g/mol. The Bertz CT molecular complexity index is 1330. The van der Waals surface area contributed by atoms with E-state index in [9.17, 15) is 19.5 Å². The van der Waals surface area contributed by atoms with E-state index < -0.39 is 11.9 Å². The fourth-order valence-corrected chi connectivity index (χ4v) is 5.61. The predicted octanol–water partition coefficient (Wildman–Crippen LogP) is 4.92. The third kappa shape index (κ3) is 4.39. The summed E-state index contributed by atoms with van der Waals surface area (Å²) in [4.78, 5) is 43.0. The number of hydrogen-bond donors (Lipinski definition) is 2. The summed E-state index contributed by atoms with van der Waals surface area (Å²) >= 11 is 1.52. The number of pyridine rings is 1. The van der Waals surface area contributed by atoms with E-state index in [2.05, 4.69) is 10.3 Å². The second-order valence-electron chi connectivity index (χ2n) is 8.66. The predicted molar refractivity (Wildman–Crippen MR) is 130 cm³/mol. The number of methoxy groups -OCH3 is 1. The van der Waals surface area contributed by atoms with Gasteiger partial charge in [-0.15, -0.1) is 11.3 Å². The normalized spacial score (nSPS) is 14.9. The Hall–Kier alpha value is -3.72. The molecule has 3 heterocycles. The molecule has 2 aliphatic rings. The molecule has 1 aliphatic carbocycles. The molecule has 0 unspecified atom stereocenters. The third-order valence-corrected chi connectivity index (χ3v) is 7.45. The molecule has 1 amide bonds. The van der Waals surface area contributed by atoms with Crippen molar-refractivity contribution >= 4 is 29.2 Å². The van der Waals surface area contributed by atoms with Gasteiger partial charge >= 0.3 is 11.9 Å². The highest BCUT2D eigenvalue weighted by Crippen LogP contribution is 2.44. The molecule has 3 aromatic rings. The fourth-order valence-electron chi connectivity index (χ4n) is 4.68. The lowest BCUT2D eigenvalue weighted by molar-refractivity contribution is 0.0593. The van der Waals surface area contributed by atoms with Crippen molar-refractivity contribution in [1.82, 2.24) is 10.3 Å². The summed E-state index contributed by atoms with van der Waals surface area (Å²) in [5.74, 6) is -1.76. The van der Waals surface area contributed by atoms with Gasteiger partial charge in [-0.2, -0.15) is 0 Å². The van der Waals surface area contributed by atoms with E-state index in [4.69, 9.17) is 9.47 Å². The van der Waals surface area contributed by atoms with Gasteiger partial charge in [-0.3, -0.25) is 4.79 Å². The second kappa shape index (κ2) is 9.50. The summed E-state index contributed by atoms with van der Waals surface area (Å²) in [5.41, 5.74) is 2.17. The van der Waals surface area contributed by atoms with Crippen LogP contribution in [0.4, 0.5) is 0 Å². The summed E-state index contributed by atoms with van der Waals surface area (Å²) in [6.07, 6.45) is 5.12. The zero-order valence-corrected chi connectivity index (χ0v) is 19.9. The first-order valence-corrected chi connectivity index (χ1v) is 12.4. The van der Waals surface area contributed by atoms with E-state index >= 15 is 0 Å². The number of amides is 1. The number of hydrogen-bond acceptors (Lipinski definition) is 7. The average Bonchev–Trinajstić information content (AvgIpc) is 3.37. The van der Waals surface area contributed by atoms with E-state index in [1.807, 2.05) is 11.4 Å².